The summed E-state index contributed by atoms with van der Waals surface area (Å²) in [5.41, 5.74) is 2.15. The summed E-state index contributed by atoms with van der Waals surface area (Å²) in [5.74, 6) is -0.771. The SMILES string of the molecule is CN(CC(=O)Nc1ccc(S(N)(=O)=O)cc1)C(=O)c1ccc2c(c1)nnn2C. The molecule has 0 aliphatic rings. The van der Waals surface area contributed by atoms with Crippen molar-refractivity contribution in [2.24, 2.45) is 12.2 Å². The van der Waals surface area contributed by atoms with Crippen LogP contribution in [0, 0.1) is 0 Å². The van der Waals surface area contributed by atoms with Gasteiger partial charge in [-0.1, -0.05) is 5.21 Å². The molecule has 0 saturated heterocycles. The highest BCUT2D eigenvalue weighted by atomic mass is 32.2. The first-order valence-electron chi connectivity index (χ1n) is 8.13. The number of nitrogens with one attached hydrogen (secondary N) is 1. The van der Waals surface area contributed by atoms with Crippen molar-refractivity contribution >= 4 is 38.6 Å². The van der Waals surface area contributed by atoms with Crippen LogP contribution in [0.5, 0.6) is 0 Å². The van der Waals surface area contributed by atoms with Crippen LogP contribution in [-0.4, -0.2) is 53.7 Å². The zero-order chi connectivity index (χ0) is 20.5. The Morgan fingerprint density at radius 1 is 1.18 bits per heavy atom. The number of likely N-dealkylation sites (N-methyl/N-ethyl adjacent to an activating group) is 1. The number of nitrogens with zero attached hydrogens (tertiary/aromatic N) is 4. The van der Waals surface area contributed by atoms with E-state index in [0.717, 1.165) is 5.52 Å². The van der Waals surface area contributed by atoms with Gasteiger partial charge >= 0.3 is 0 Å². The van der Waals surface area contributed by atoms with Gasteiger partial charge in [0.05, 0.1) is 17.0 Å². The molecule has 146 valence electrons. The average Bonchev–Trinajstić information content (AvgIpc) is 3.01. The Bertz CT molecular complexity index is 1150. The fourth-order valence-corrected chi connectivity index (χ4v) is 3.13. The van der Waals surface area contributed by atoms with E-state index < -0.39 is 15.9 Å². The maximum absolute atomic E-state index is 12.5. The summed E-state index contributed by atoms with van der Waals surface area (Å²) in [5, 5.41) is 15.5. The Balaban J connectivity index is 1.65. The maximum Gasteiger partial charge on any atom is 0.254 e. The van der Waals surface area contributed by atoms with Crippen molar-refractivity contribution in [2.45, 2.75) is 4.90 Å². The minimum atomic E-state index is -3.80. The molecule has 11 heteroatoms. The van der Waals surface area contributed by atoms with E-state index in [2.05, 4.69) is 15.6 Å². The lowest BCUT2D eigenvalue weighted by Crippen LogP contribution is -2.34. The van der Waals surface area contributed by atoms with Gasteiger partial charge in [-0.25, -0.2) is 18.2 Å². The van der Waals surface area contributed by atoms with E-state index >= 15 is 0 Å². The van der Waals surface area contributed by atoms with Crippen LogP contribution >= 0.6 is 0 Å². The van der Waals surface area contributed by atoms with Crippen molar-refractivity contribution in [1.29, 1.82) is 0 Å². The van der Waals surface area contributed by atoms with E-state index in [-0.39, 0.29) is 17.3 Å². The number of carbonyl (C=O) groups excluding carboxylic acids is 2. The number of fused-ring (bicyclic) bond motifs is 1. The zero-order valence-corrected chi connectivity index (χ0v) is 16.0. The fourth-order valence-electron chi connectivity index (χ4n) is 2.61. The molecule has 3 N–H and O–H groups in total. The van der Waals surface area contributed by atoms with Crippen molar-refractivity contribution in [2.75, 3.05) is 18.9 Å². The Labute approximate surface area is 161 Å². The molecule has 0 atom stereocenters. The van der Waals surface area contributed by atoms with Gasteiger partial charge < -0.3 is 10.2 Å². The van der Waals surface area contributed by atoms with Crippen LogP contribution in [0.3, 0.4) is 0 Å². The van der Waals surface area contributed by atoms with Crippen molar-refractivity contribution in [3.63, 3.8) is 0 Å². The molecule has 2 aromatic carbocycles. The van der Waals surface area contributed by atoms with Crippen LogP contribution in [0.25, 0.3) is 11.0 Å². The second-order valence-corrected chi connectivity index (χ2v) is 7.76. The molecule has 0 aliphatic heterocycles. The highest BCUT2D eigenvalue weighted by Crippen LogP contribution is 2.15. The van der Waals surface area contributed by atoms with Crippen LogP contribution in [0.4, 0.5) is 5.69 Å². The molecule has 0 radical (unpaired) electrons. The summed E-state index contributed by atoms with van der Waals surface area (Å²) in [7, 11) is -0.540. The van der Waals surface area contributed by atoms with Gasteiger partial charge in [-0.3, -0.25) is 9.59 Å². The zero-order valence-electron chi connectivity index (χ0n) is 15.2. The summed E-state index contributed by atoms with van der Waals surface area (Å²) in [4.78, 5) is 25.9. The molecule has 0 spiro atoms. The molecule has 1 aromatic heterocycles. The summed E-state index contributed by atoms with van der Waals surface area (Å²) in [6.45, 7) is -0.186. The summed E-state index contributed by atoms with van der Waals surface area (Å²) >= 11 is 0. The standard InChI is InChI=1S/C17H18N6O4S/c1-22(17(25)11-3-8-15-14(9-11)20-21-23(15)2)10-16(24)19-12-4-6-13(7-5-12)28(18,26)27/h3-9H,10H2,1-2H3,(H,19,24)(H2,18,26,27). The summed E-state index contributed by atoms with van der Waals surface area (Å²) < 4.78 is 24.1. The minimum Gasteiger partial charge on any atom is -0.332 e. The van der Waals surface area contributed by atoms with Gasteiger partial charge in [-0.2, -0.15) is 0 Å². The number of primary sulfonamides is 1. The molecule has 0 fully saturated rings. The van der Waals surface area contributed by atoms with E-state index in [1.807, 2.05) is 0 Å². The molecule has 10 nitrogen and oxygen atoms in total. The van der Waals surface area contributed by atoms with Crippen LogP contribution < -0.4 is 10.5 Å². The number of hydrogen-bond acceptors (Lipinski definition) is 6. The van der Waals surface area contributed by atoms with Gasteiger partial charge in [-0.15, -0.1) is 5.10 Å². The quantitative estimate of drug-likeness (QED) is 0.630. The topological polar surface area (TPSA) is 140 Å². The Hall–Kier alpha value is -3.31. The Kier molecular flexibility index (Phi) is 5.12. The predicted octanol–water partition coefficient (Wildman–Crippen LogP) is 0.326. The van der Waals surface area contributed by atoms with Crippen LogP contribution in [0.2, 0.25) is 0 Å². The third-order valence-corrected chi connectivity index (χ3v) is 4.98. The first-order valence-corrected chi connectivity index (χ1v) is 9.67. The van der Waals surface area contributed by atoms with Crippen molar-refractivity contribution in [3.8, 4) is 0 Å². The lowest BCUT2D eigenvalue weighted by molar-refractivity contribution is -0.116. The van der Waals surface area contributed by atoms with Gasteiger partial charge in [-0.05, 0) is 42.5 Å². The first-order chi connectivity index (χ1) is 13.1. The number of aryl methyl sites for hydroxylation is 1. The predicted molar refractivity (Wildman–Crippen MR) is 102 cm³/mol. The number of amides is 2. The second-order valence-electron chi connectivity index (χ2n) is 6.20. The molecular weight excluding hydrogens is 384 g/mol. The number of benzene rings is 2. The van der Waals surface area contributed by atoms with Crippen LogP contribution in [0.15, 0.2) is 47.4 Å². The molecule has 3 aromatic rings. The van der Waals surface area contributed by atoms with E-state index in [4.69, 9.17) is 5.14 Å². The molecule has 1 heterocycles. The summed E-state index contributed by atoms with van der Waals surface area (Å²) in [6.07, 6.45) is 0. The number of sulfonamides is 1. The monoisotopic (exact) mass is 402 g/mol. The minimum absolute atomic E-state index is 0.0581. The van der Waals surface area contributed by atoms with E-state index in [1.165, 1.54) is 36.2 Å². The van der Waals surface area contributed by atoms with Gasteiger partial charge in [0, 0.05) is 25.3 Å². The molecule has 3 rings (SSSR count). The third kappa shape index (κ3) is 4.15. The highest BCUT2D eigenvalue weighted by molar-refractivity contribution is 7.89. The van der Waals surface area contributed by atoms with Gasteiger partial charge in [0.15, 0.2) is 0 Å². The summed E-state index contributed by atoms with van der Waals surface area (Å²) in [6, 6.07) is 10.4. The van der Waals surface area contributed by atoms with Crippen molar-refractivity contribution in [3.05, 3.63) is 48.0 Å². The van der Waals surface area contributed by atoms with E-state index in [1.54, 1.807) is 29.9 Å². The smallest absolute Gasteiger partial charge is 0.254 e. The maximum atomic E-state index is 12.5. The fraction of sp³-hybridized carbons (Fsp3) is 0.176. The first kappa shape index (κ1) is 19.5. The number of nitrogens with two attached hydrogens (primary N) is 1. The second kappa shape index (κ2) is 7.37. The lowest BCUT2D eigenvalue weighted by atomic mass is 10.1. The van der Waals surface area contributed by atoms with Crippen molar-refractivity contribution < 1.29 is 18.0 Å². The molecule has 0 unspecified atom stereocenters. The van der Waals surface area contributed by atoms with Crippen molar-refractivity contribution in [1.82, 2.24) is 19.9 Å². The Morgan fingerprint density at radius 2 is 1.86 bits per heavy atom. The van der Waals surface area contributed by atoms with E-state index in [9.17, 15) is 18.0 Å². The van der Waals surface area contributed by atoms with Crippen LogP contribution in [-0.2, 0) is 21.9 Å². The number of carbonyl (C=O) groups is 2. The molecule has 28 heavy (non-hydrogen) atoms. The normalized spacial score (nSPS) is 11.4. The molecule has 2 amide bonds. The van der Waals surface area contributed by atoms with Gasteiger partial charge in [0.25, 0.3) is 5.91 Å². The third-order valence-electron chi connectivity index (χ3n) is 4.05. The Morgan fingerprint density at radius 3 is 2.50 bits per heavy atom. The molecule has 0 aliphatic carbocycles. The van der Waals surface area contributed by atoms with Gasteiger partial charge in [0.1, 0.15) is 5.52 Å². The molecule has 0 saturated carbocycles. The lowest BCUT2D eigenvalue weighted by Gasteiger charge is -2.17. The molecular formula is C17H18N6O4S. The number of rotatable bonds is 5. The average molecular weight is 402 g/mol. The van der Waals surface area contributed by atoms with Gasteiger partial charge in [0.2, 0.25) is 15.9 Å². The van der Waals surface area contributed by atoms with Crippen LogP contribution in [0.1, 0.15) is 10.4 Å². The van der Waals surface area contributed by atoms with E-state index in [0.29, 0.717) is 16.8 Å². The molecule has 0 bridgehead atoms. The largest absolute Gasteiger partial charge is 0.332 e. The highest BCUT2D eigenvalue weighted by Gasteiger charge is 2.17. The number of aromatic nitrogens is 3. The number of anilines is 1. The number of hydrogen-bond donors (Lipinski definition) is 2.